The van der Waals surface area contributed by atoms with E-state index in [1.165, 1.54) is 6.08 Å². The lowest BCUT2D eigenvalue weighted by atomic mass is 10.2. The molecule has 0 saturated heterocycles. The maximum atomic E-state index is 11.9. The molecule has 104 valence electrons. The third-order valence-electron chi connectivity index (χ3n) is 2.39. The van der Waals surface area contributed by atoms with Crippen LogP contribution in [0.5, 0.6) is 0 Å². The Kier molecular flexibility index (Phi) is 4.86. The number of nitrogens with one attached hydrogen (secondary N) is 1. The fourth-order valence-electron chi connectivity index (χ4n) is 1.49. The van der Waals surface area contributed by atoms with Crippen LogP contribution in [0.3, 0.4) is 0 Å². The first-order chi connectivity index (χ1) is 9.44. The minimum absolute atomic E-state index is 0.500. The van der Waals surface area contributed by atoms with Crippen molar-refractivity contribution in [3.05, 3.63) is 69.0 Å². The average molecular weight is 373 g/mol. The fourth-order valence-corrected chi connectivity index (χ4v) is 2.88. The molecule has 0 aliphatic rings. The predicted octanol–water partition coefficient (Wildman–Crippen LogP) is 4.52. The summed E-state index contributed by atoms with van der Waals surface area (Å²) in [5.74, 6) is 0. The summed E-state index contributed by atoms with van der Waals surface area (Å²) in [7, 11) is -3.54. The number of anilines is 1. The van der Waals surface area contributed by atoms with Gasteiger partial charge in [0.05, 0.1) is 5.41 Å². The van der Waals surface area contributed by atoms with Gasteiger partial charge >= 0.3 is 0 Å². The van der Waals surface area contributed by atoms with Crippen molar-refractivity contribution >= 4 is 49.3 Å². The summed E-state index contributed by atoms with van der Waals surface area (Å²) in [6.07, 6.45) is 1.51. The van der Waals surface area contributed by atoms with Crippen molar-refractivity contribution in [1.82, 2.24) is 0 Å². The normalized spacial score (nSPS) is 11.7. The Morgan fingerprint density at radius 1 is 1.10 bits per heavy atom. The molecule has 0 spiro atoms. The Morgan fingerprint density at radius 2 is 1.80 bits per heavy atom. The van der Waals surface area contributed by atoms with E-state index < -0.39 is 10.0 Å². The lowest BCUT2D eigenvalue weighted by Gasteiger charge is -2.04. The minimum atomic E-state index is -3.54. The van der Waals surface area contributed by atoms with Crippen molar-refractivity contribution in [3.63, 3.8) is 0 Å². The second-order valence-electron chi connectivity index (χ2n) is 4.01. The molecule has 0 amide bonds. The van der Waals surface area contributed by atoms with Crippen LogP contribution in [-0.4, -0.2) is 8.42 Å². The second-order valence-corrected chi connectivity index (χ2v) is 6.93. The third kappa shape index (κ3) is 4.67. The number of rotatable bonds is 4. The first kappa shape index (κ1) is 15.1. The van der Waals surface area contributed by atoms with Gasteiger partial charge in [-0.1, -0.05) is 45.7 Å². The number of sulfonamides is 1. The highest BCUT2D eigenvalue weighted by Gasteiger charge is 2.05. The summed E-state index contributed by atoms with van der Waals surface area (Å²) >= 11 is 9.05. The number of hydrogen-bond donors (Lipinski definition) is 1. The van der Waals surface area contributed by atoms with E-state index in [0.29, 0.717) is 10.7 Å². The highest BCUT2D eigenvalue weighted by molar-refractivity contribution is 9.10. The molecule has 0 aliphatic carbocycles. The van der Waals surface area contributed by atoms with E-state index in [2.05, 4.69) is 20.7 Å². The SMILES string of the molecule is O=S(=O)(C=Cc1ccc(Cl)cc1)Nc1cccc(Br)c1. The molecular weight excluding hydrogens is 362 g/mol. The van der Waals surface area contributed by atoms with Gasteiger partial charge in [-0.3, -0.25) is 4.72 Å². The second kappa shape index (κ2) is 6.43. The standard InChI is InChI=1S/C14H11BrClNO2S/c15-12-2-1-3-14(10-12)17-20(18,19)9-8-11-4-6-13(16)7-5-11/h1-10,17H. The van der Waals surface area contributed by atoms with Crippen molar-refractivity contribution in [2.75, 3.05) is 4.72 Å². The smallest absolute Gasteiger partial charge is 0.255 e. The predicted molar refractivity (Wildman–Crippen MR) is 87.2 cm³/mol. The van der Waals surface area contributed by atoms with E-state index in [-0.39, 0.29) is 0 Å². The lowest BCUT2D eigenvalue weighted by Crippen LogP contribution is -2.08. The largest absolute Gasteiger partial charge is 0.280 e. The summed E-state index contributed by atoms with van der Waals surface area (Å²) < 4.78 is 27.1. The van der Waals surface area contributed by atoms with E-state index in [0.717, 1.165) is 15.4 Å². The van der Waals surface area contributed by atoms with Crippen LogP contribution in [0.2, 0.25) is 5.02 Å². The first-order valence-corrected chi connectivity index (χ1v) is 8.38. The zero-order chi connectivity index (χ0) is 14.6. The maximum absolute atomic E-state index is 11.9. The Bertz CT molecular complexity index is 727. The summed E-state index contributed by atoms with van der Waals surface area (Å²) in [4.78, 5) is 0. The molecule has 0 heterocycles. The van der Waals surface area contributed by atoms with Crippen molar-refractivity contribution in [1.29, 1.82) is 0 Å². The molecule has 2 aromatic rings. The van der Waals surface area contributed by atoms with Gasteiger partial charge in [-0.15, -0.1) is 0 Å². The fraction of sp³-hybridized carbons (Fsp3) is 0. The van der Waals surface area contributed by atoms with Crippen molar-refractivity contribution in [2.24, 2.45) is 0 Å². The van der Waals surface area contributed by atoms with Gasteiger partial charge in [-0.25, -0.2) is 8.42 Å². The molecule has 0 bridgehead atoms. The Balaban J connectivity index is 2.13. The minimum Gasteiger partial charge on any atom is -0.280 e. The number of halogens is 2. The molecule has 0 atom stereocenters. The molecule has 0 saturated carbocycles. The molecule has 3 nitrogen and oxygen atoms in total. The molecule has 1 N–H and O–H groups in total. The van der Waals surface area contributed by atoms with Gasteiger partial charge in [-0.05, 0) is 42.0 Å². The zero-order valence-electron chi connectivity index (χ0n) is 10.3. The molecule has 0 radical (unpaired) electrons. The quantitative estimate of drug-likeness (QED) is 0.858. The molecule has 0 aromatic heterocycles. The zero-order valence-corrected chi connectivity index (χ0v) is 13.4. The Morgan fingerprint density at radius 3 is 2.45 bits per heavy atom. The molecule has 0 aliphatic heterocycles. The van der Waals surface area contributed by atoms with Crippen molar-refractivity contribution in [3.8, 4) is 0 Å². The summed E-state index contributed by atoms with van der Waals surface area (Å²) in [5, 5.41) is 1.73. The van der Waals surface area contributed by atoms with Crippen LogP contribution in [0, 0.1) is 0 Å². The average Bonchev–Trinajstić information content (AvgIpc) is 2.37. The summed E-state index contributed by atoms with van der Waals surface area (Å²) in [6.45, 7) is 0. The molecule has 0 fully saturated rings. The lowest BCUT2D eigenvalue weighted by molar-refractivity contribution is 0.609. The Labute approximate surface area is 131 Å². The highest BCUT2D eigenvalue weighted by Crippen LogP contribution is 2.17. The monoisotopic (exact) mass is 371 g/mol. The van der Waals surface area contributed by atoms with Crippen LogP contribution in [-0.2, 0) is 10.0 Å². The molecule has 2 aromatic carbocycles. The van der Waals surface area contributed by atoms with E-state index in [9.17, 15) is 8.42 Å². The first-order valence-electron chi connectivity index (χ1n) is 5.67. The third-order valence-corrected chi connectivity index (χ3v) is 4.15. The van der Waals surface area contributed by atoms with E-state index >= 15 is 0 Å². The van der Waals surface area contributed by atoms with Crippen LogP contribution in [0.25, 0.3) is 6.08 Å². The van der Waals surface area contributed by atoms with Gasteiger partial charge in [0.25, 0.3) is 10.0 Å². The highest BCUT2D eigenvalue weighted by atomic mass is 79.9. The molecule has 2 rings (SSSR count). The van der Waals surface area contributed by atoms with Gasteiger partial charge in [-0.2, -0.15) is 0 Å². The molecule has 6 heteroatoms. The molecule has 20 heavy (non-hydrogen) atoms. The topological polar surface area (TPSA) is 46.2 Å². The molecule has 0 unspecified atom stereocenters. The molecular formula is C14H11BrClNO2S. The number of benzene rings is 2. The van der Waals surface area contributed by atoms with E-state index in [1.54, 1.807) is 42.5 Å². The van der Waals surface area contributed by atoms with Crippen molar-refractivity contribution < 1.29 is 8.42 Å². The van der Waals surface area contributed by atoms with Gasteiger partial charge in [0.1, 0.15) is 0 Å². The van der Waals surface area contributed by atoms with Gasteiger partial charge in [0.2, 0.25) is 0 Å². The van der Waals surface area contributed by atoms with Crippen LogP contribution >= 0.6 is 27.5 Å². The van der Waals surface area contributed by atoms with Gasteiger partial charge in [0, 0.05) is 15.2 Å². The van der Waals surface area contributed by atoms with E-state index in [1.807, 2.05) is 6.07 Å². The summed E-state index contributed by atoms with van der Waals surface area (Å²) in [5.41, 5.74) is 1.26. The van der Waals surface area contributed by atoms with Gasteiger partial charge in [0.15, 0.2) is 0 Å². The van der Waals surface area contributed by atoms with Crippen LogP contribution in [0.4, 0.5) is 5.69 Å². The van der Waals surface area contributed by atoms with Crippen LogP contribution < -0.4 is 4.72 Å². The van der Waals surface area contributed by atoms with Crippen molar-refractivity contribution in [2.45, 2.75) is 0 Å². The van der Waals surface area contributed by atoms with Gasteiger partial charge < -0.3 is 0 Å². The van der Waals surface area contributed by atoms with E-state index in [4.69, 9.17) is 11.6 Å². The van der Waals surface area contributed by atoms with Crippen LogP contribution in [0.15, 0.2) is 58.4 Å². The summed E-state index contributed by atoms with van der Waals surface area (Å²) in [6, 6.07) is 13.8. The number of hydrogen-bond acceptors (Lipinski definition) is 2. The maximum Gasteiger partial charge on any atom is 0.255 e. The van der Waals surface area contributed by atoms with Crippen LogP contribution in [0.1, 0.15) is 5.56 Å². The Hall–Kier alpha value is -1.30.